The monoisotopic (exact) mass is 242 g/mol. The Bertz CT molecular complexity index is 372. The van der Waals surface area contributed by atoms with E-state index >= 15 is 0 Å². The van der Waals surface area contributed by atoms with Crippen molar-refractivity contribution < 1.29 is 18.5 Å². The Hall–Kier alpha value is -1.20. The van der Waals surface area contributed by atoms with Crippen LogP contribution < -0.4 is 4.74 Å². The highest BCUT2D eigenvalue weighted by molar-refractivity contribution is 7.85. The zero-order valence-electron chi connectivity index (χ0n) is 9.26. The molecule has 0 saturated heterocycles. The van der Waals surface area contributed by atoms with Crippen LogP contribution in [0.5, 0.6) is 5.75 Å². The van der Waals surface area contributed by atoms with Crippen LogP contribution in [0.3, 0.4) is 0 Å². The second-order valence-corrected chi connectivity index (χ2v) is 4.59. The molecule has 0 amide bonds. The SMILES string of the molecule is COCC(=O)CS(=O)c1ccc(OC)cc1. The quantitative estimate of drug-likeness (QED) is 0.747. The average molecular weight is 242 g/mol. The average Bonchev–Trinajstić information content (AvgIpc) is 2.29. The van der Waals surface area contributed by atoms with Gasteiger partial charge >= 0.3 is 0 Å². The van der Waals surface area contributed by atoms with Gasteiger partial charge in [-0.25, -0.2) is 0 Å². The largest absolute Gasteiger partial charge is 0.497 e. The number of Topliss-reactive ketones (excluding diaryl/α,β-unsaturated/α-hetero) is 1. The molecular formula is C11H14O4S. The first-order valence-electron chi connectivity index (χ1n) is 4.70. The fraction of sp³-hybridized carbons (Fsp3) is 0.364. The smallest absolute Gasteiger partial charge is 0.171 e. The lowest BCUT2D eigenvalue weighted by Gasteiger charge is -2.03. The Morgan fingerprint density at radius 1 is 1.25 bits per heavy atom. The first-order chi connectivity index (χ1) is 7.67. The summed E-state index contributed by atoms with van der Waals surface area (Å²) in [6.07, 6.45) is 0. The van der Waals surface area contributed by atoms with Crippen molar-refractivity contribution in [1.82, 2.24) is 0 Å². The second kappa shape index (κ2) is 6.40. The Labute approximate surface area is 97.0 Å². The van der Waals surface area contributed by atoms with Crippen molar-refractivity contribution in [2.75, 3.05) is 26.6 Å². The van der Waals surface area contributed by atoms with Gasteiger partial charge in [0.2, 0.25) is 0 Å². The van der Waals surface area contributed by atoms with E-state index in [1.165, 1.54) is 7.11 Å². The highest BCUT2D eigenvalue weighted by atomic mass is 32.2. The normalized spacial score (nSPS) is 12.1. The highest BCUT2D eigenvalue weighted by Gasteiger charge is 2.09. The molecule has 4 nitrogen and oxygen atoms in total. The second-order valence-electron chi connectivity index (χ2n) is 3.14. The van der Waals surface area contributed by atoms with E-state index in [1.54, 1.807) is 31.4 Å². The summed E-state index contributed by atoms with van der Waals surface area (Å²) in [4.78, 5) is 11.8. The molecule has 0 aliphatic rings. The molecule has 0 radical (unpaired) electrons. The van der Waals surface area contributed by atoms with Gasteiger partial charge in [-0.05, 0) is 24.3 Å². The van der Waals surface area contributed by atoms with Gasteiger partial charge in [-0.2, -0.15) is 0 Å². The molecule has 1 unspecified atom stereocenters. The molecule has 0 N–H and O–H groups in total. The zero-order valence-corrected chi connectivity index (χ0v) is 10.1. The fourth-order valence-corrected chi connectivity index (χ4v) is 2.14. The molecule has 0 fully saturated rings. The van der Waals surface area contributed by atoms with E-state index in [0.29, 0.717) is 10.6 Å². The number of carbonyl (C=O) groups is 1. The molecule has 5 heteroatoms. The predicted molar refractivity (Wildman–Crippen MR) is 61.2 cm³/mol. The molecule has 1 rings (SSSR count). The number of benzene rings is 1. The summed E-state index contributed by atoms with van der Waals surface area (Å²) in [6, 6.07) is 6.81. The molecule has 0 saturated carbocycles. The van der Waals surface area contributed by atoms with E-state index in [0.717, 1.165) is 0 Å². The van der Waals surface area contributed by atoms with Crippen LogP contribution in [0.1, 0.15) is 0 Å². The van der Waals surface area contributed by atoms with Crippen LogP contribution in [-0.2, 0) is 20.3 Å². The lowest BCUT2D eigenvalue weighted by atomic mass is 10.3. The van der Waals surface area contributed by atoms with Crippen molar-refractivity contribution in [2.24, 2.45) is 0 Å². The molecule has 0 spiro atoms. The van der Waals surface area contributed by atoms with Crippen molar-refractivity contribution >= 4 is 16.6 Å². The van der Waals surface area contributed by atoms with Crippen molar-refractivity contribution in [2.45, 2.75) is 4.90 Å². The van der Waals surface area contributed by atoms with E-state index in [9.17, 15) is 9.00 Å². The van der Waals surface area contributed by atoms with Gasteiger partial charge in [-0.15, -0.1) is 0 Å². The van der Waals surface area contributed by atoms with E-state index in [1.807, 2.05) is 0 Å². The molecule has 0 aromatic heterocycles. The number of ether oxygens (including phenoxy) is 2. The lowest BCUT2D eigenvalue weighted by Crippen LogP contribution is -2.15. The third-order valence-electron chi connectivity index (χ3n) is 1.92. The molecule has 16 heavy (non-hydrogen) atoms. The summed E-state index contributed by atoms with van der Waals surface area (Å²) < 4.78 is 21.4. The minimum absolute atomic E-state index is 0.00188. The third kappa shape index (κ3) is 3.75. The van der Waals surface area contributed by atoms with Gasteiger partial charge in [0, 0.05) is 12.0 Å². The van der Waals surface area contributed by atoms with Crippen LogP contribution in [0.4, 0.5) is 0 Å². The first-order valence-corrected chi connectivity index (χ1v) is 6.02. The van der Waals surface area contributed by atoms with Crippen LogP contribution in [0.2, 0.25) is 0 Å². The molecule has 0 bridgehead atoms. The molecular weight excluding hydrogens is 228 g/mol. The van der Waals surface area contributed by atoms with Gasteiger partial charge < -0.3 is 9.47 Å². The molecule has 1 atom stereocenters. The maximum atomic E-state index is 11.7. The zero-order chi connectivity index (χ0) is 12.0. The molecule has 0 aliphatic carbocycles. The lowest BCUT2D eigenvalue weighted by molar-refractivity contribution is -0.120. The third-order valence-corrected chi connectivity index (χ3v) is 3.30. The number of hydrogen-bond donors (Lipinski definition) is 0. The van der Waals surface area contributed by atoms with Crippen molar-refractivity contribution in [3.05, 3.63) is 24.3 Å². The van der Waals surface area contributed by atoms with Crippen molar-refractivity contribution in [1.29, 1.82) is 0 Å². The molecule has 1 aromatic carbocycles. The molecule has 0 heterocycles. The summed E-state index contributed by atoms with van der Waals surface area (Å²) in [5, 5.41) is 0. The fourth-order valence-electron chi connectivity index (χ4n) is 1.16. The Kier molecular flexibility index (Phi) is 5.14. The van der Waals surface area contributed by atoms with Crippen molar-refractivity contribution in [3.63, 3.8) is 0 Å². The molecule has 88 valence electrons. The van der Waals surface area contributed by atoms with Gasteiger partial charge in [-0.3, -0.25) is 9.00 Å². The van der Waals surface area contributed by atoms with Crippen molar-refractivity contribution in [3.8, 4) is 5.75 Å². The van der Waals surface area contributed by atoms with Gasteiger partial charge in [-0.1, -0.05) is 0 Å². The predicted octanol–water partition coefficient (Wildman–Crippen LogP) is 1.02. The van der Waals surface area contributed by atoms with E-state index in [2.05, 4.69) is 4.74 Å². The van der Waals surface area contributed by atoms with Crippen LogP contribution in [0, 0.1) is 0 Å². The standard InChI is InChI=1S/C11H14O4S/c1-14-7-9(12)8-16(13)11-5-3-10(15-2)4-6-11/h3-6H,7-8H2,1-2H3. The van der Waals surface area contributed by atoms with E-state index in [4.69, 9.17) is 4.74 Å². The van der Waals surface area contributed by atoms with Gasteiger partial charge in [0.15, 0.2) is 5.78 Å². The van der Waals surface area contributed by atoms with E-state index < -0.39 is 10.8 Å². The maximum absolute atomic E-state index is 11.7. The number of ketones is 1. The van der Waals surface area contributed by atoms with E-state index in [-0.39, 0.29) is 18.1 Å². The Morgan fingerprint density at radius 3 is 2.38 bits per heavy atom. The highest BCUT2D eigenvalue weighted by Crippen LogP contribution is 2.14. The maximum Gasteiger partial charge on any atom is 0.171 e. The van der Waals surface area contributed by atoms with Gasteiger partial charge in [0.25, 0.3) is 0 Å². The number of carbonyl (C=O) groups excluding carboxylic acids is 1. The van der Waals surface area contributed by atoms with Gasteiger partial charge in [0.1, 0.15) is 12.4 Å². The summed E-state index contributed by atoms with van der Waals surface area (Å²) in [7, 11) is 1.69. The number of hydrogen-bond acceptors (Lipinski definition) is 4. The summed E-state index contributed by atoms with van der Waals surface area (Å²) in [6.45, 7) is 0.00188. The minimum atomic E-state index is -1.31. The topological polar surface area (TPSA) is 52.6 Å². The van der Waals surface area contributed by atoms with Gasteiger partial charge in [0.05, 0.1) is 23.7 Å². The molecule has 0 aliphatic heterocycles. The van der Waals surface area contributed by atoms with Crippen LogP contribution >= 0.6 is 0 Å². The van der Waals surface area contributed by atoms with Crippen LogP contribution in [0.25, 0.3) is 0 Å². The molecule has 1 aromatic rings. The minimum Gasteiger partial charge on any atom is -0.497 e. The number of rotatable bonds is 6. The summed E-state index contributed by atoms with van der Waals surface area (Å²) in [5.41, 5.74) is 0. The van der Waals surface area contributed by atoms with Crippen LogP contribution in [0.15, 0.2) is 29.2 Å². The number of methoxy groups -OCH3 is 2. The van der Waals surface area contributed by atoms with Crippen LogP contribution in [-0.4, -0.2) is 36.6 Å². The summed E-state index contributed by atoms with van der Waals surface area (Å²) in [5.74, 6) is 0.515. The summed E-state index contributed by atoms with van der Waals surface area (Å²) >= 11 is 0. The Morgan fingerprint density at radius 2 is 1.88 bits per heavy atom. The Balaban J connectivity index is 2.62. The first kappa shape index (κ1) is 12.9.